The zero-order chi connectivity index (χ0) is 17.3. The molecule has 1 aliphatic rings. The molecule has 2 heterocycles. The molecule has 1 aliphatic heterocycles. The number of aliphatic imine (C=N–C) groups is 1. The van der Waals surface area contributed by atoms with E-state index in [2.05, 4.69) is 34.6 Å². The SMILES string of the molecule is Cc1nc(CC(C)C)n2c1CN=C(NC(=O)c1ccc(Cl)cc1)N2. The normalized spacial score (nSPS) is 13.3. The van der Waals surface area contributed by atoms with Gasteiger partial charge in [-0.1, -0.05) is 25.4 Å². The fraction of sp³-hybridized carbons (Fsp3) is 0.353. The van der Waals surface area contributed by atoms with Crippen molar-refractivity contribution in [1.29, 1.82) is 0 Å². The number of aryl methyl sites for hydroxylation is 1. The molecule has 0 atom stereocenters. The van der Waals surface area contributed by atoms with Gasteiger partial charge in [-0.3, -0.25) is 15.5 Å². The van der Waals surface area contributed by atoms with Gasteiger partial charge in [0.2, 0.25) is 5.96 Å². The monoisotopic (exact) mass is 345 g/mol. The van der Waals surface area contributed by atoms with E-state index in [1.165, 1.54) is 0 Å². The van der Waals surface area contributed by atoms with E-state index in [0.717, 1.165) is 23.6 Å². The van der Waals surface area contributed by atoms with Crippen molar-refractivity contribution in [1.82, 2.24) is 15.0 Å². The van der Waals surface area contributed by atoms with Crippen molar-refractivity contribution in [3.05, 3.63) is 52.1 Å². The van der Waals surface area contributed by atoms with Crippen LogP contribution in [0.15, 0.2) is 29.3 Å². The van der Waals surface area contributed by atoms with Crippen molar-refractivity contribution in [2.45, 2.75) is 33.7 Å². The average Bonchev–Trinajstić information content (AvgIpc) is 2.83. The highest BCUT2D eigenvalue weighted by Gasteiger charge is 2.21. The lowest BCUT2D eigenvalue weighted by Gasteiger charge is -2.21. The summed E-state index contributed by atoms with van der Waals surface area (Å²) in [7, 11) is 0. The van der Waals surface area contributed by atoms with Crippen LogP contribution in [0.3, 0.4) is 0 Å². The average molecular weight is 346 g/mol. The molecule has 2 aromatic rings. The molecule has 126 valence electrons. The third-order valence-electron chi connectivity index (χ3n) is 3.78. The van der Waals surface area contributed by atoms with Gasteiger partial charge < -0.3 is 0 Å². The van der Waals surface area contributed by atoms with Crippen LogP contribution in [0.2, 0.25) is 5.02 Å². The second-order valence-corrected chi connectivity index (χ2v) is 6.67. The summed E-state index contributed by atoms with van der Waals surface area (Å²) in [6.45, 7) is 6.76. The number of rotatable bonds is 3. The Morgan fingerprint density at radius 1 is 1.38 bits per heavy atom. The summed E-state index contributed by atoms with van der Waals surface area (Å²) < 4.78 is 1.93. The molecule has 3 rings (SSSR count). The van der Waals surface area contributed by atoms with Crippen LogP contribution in [-0.4, -0.2) is 21.5 Å². The molecule has 7 heteroatoms. The lowest BCUT2D eigenvalue weighted by Crippen LogP contribution is -2.43. The van der Waals surface area contributed by atoms with Crippen LogP contribution in [0.1, 0.15) is 41.4 Å². The standard InChI is InChI=1S/C17H20ClN5O/c1-10(2)8-15-20-11(3)14-9-19-17(22-23(14)15)21-16(24)12-4-6-13(18)7-5-12/h4-7,10H,8-9H2,1-3H3,(H2,19,21,22,24). The summed E-state index contributed by atoms with van der Waals surface area (Å²) >= 11 is 5.85. The Labute approximate surface area is 145 Å². The fourth-order valence-electron chi connectivity index (χ4n) is 2.59. The molecule has 2 N–H and O–H groups in total. The number of carbonyl (C=O) groups excluding carboxylic acids is 1. The van der Waals surface area contributed by atoms with Crippen molar-refractivity contribution < 1.29 is 4.79 Å². The minimum absolute atomic E-state index is 0.233. The van der Waals surface area contributed by atoms with E-state index in [-0.39, 0.29) is 5.91 Å². The highest BCUT2D eigenvalue weighted by atomic mass is 35.5. The number of nitrogens with zero attached hydrogens (tertiary/aromatic N) is 3. The van der Waals surface area contributed by atoms with Crippen LogP contribution in [0.5, 0.6) is 0 Å². The quantitative estimate of drug-likeness (QED) is 0.898. The number of guanidine groups is 1. The first-order chi connectivity index (χ1) is 11.4. The number of imidazole rings is 1. The van der Waals surface area contributed by atoms with Crippen LogP contribution in [0, 0.1) is 12.8 Å². The number of aromatic nitrogens is 2. The number of fused-ring (bicyclic) bond motifs is 1. The van der Waals surface area contributed by atoms with E-state index in [9.17, 15) is 4.79 Å². The summed E-state index contributed by atoms with van der Waals surface area (Å²) in [5.41, 5.74) is 5.66. The maximum atomic E-state index is 12.3. The van der Waals surface area contributed by atoms with Crippen LogP contribution >= 0.6 is 11.6 Å². The van der Waals surface area contributed by atoms with Gasteiger partial charge in [-0.25, -0.2) is 14.7 Å². The van der Waals surface area contributed by atoms with Crippen LogP contribution in [0.25, 0.3) is 0 Å². The van der Waals surface area contributed by atoms with Gasteiger partial charge in [0.05, 0.1) is 17.9 Å². The Kier molecular flexibility index (Phi) is 4.57. The summed E-state index contributed by atoms with van der Waals surface area (Å²) in [5, 5.41) is 3.39. The molecule has 0 saturated carbocycles. The number of hydrogen-bond acceptors (Lipinski definition) is 4. The minimum Gasteiger partial charge on any atom is -0.291 e. The number of amides is 1. The number of halogens is 1. The second kappa shape index (κ2) is 6.65. The molecule has 0 unspecified atom stereocenters. The van der Waals surface area contributed by atoms with Crippen molar-refractivity contribution in [2.75, 3.05) is 5.43 Å². The molecule has 0 radical (unpaired) electrons. The molecular formula is C17H20ClN5O. The minimum atomic E-state index is -0.233. The first-order valence-electron chi connectivity index (χ1n) is 7.89. The molecule has 1 amide bonds. The van der Waals surface area contributed by atoms with Crippen molar-refractivity contribution in [3.63, 3.8) is 0 Å². The van der Waals surface area contributed by atoms with Gasteiger partial charge in [0.25, 0.3) is 5.91 Å². The van der Waals surface area contributed by atoms with Gasteiger partial charge in [-0.05, 0) is 37.1 Å². The summed E-state index contributed by atoms with van der Waals surface area (Å²) in [5.74, 6) is 1.63. The Balaban J connectivity index is 1.75. The predicted molar refractivity (Wildman–Crippen MR) is 94.9 cm³/mol. The number of hydrogen-bond donors (Lipinski definition) is 2. The first kappa shape index (κ1) is 16.5. The van der Waals surface area contributed by atoms with Gasteiger partial charge >= 0.3 is 0 Å². The summed E-state index contributed by atoms with van der Waals surface area (Å²) in [6, 6.07) is 6.73. The maximum absolute atomic E-state index is 12.3. The summed E-state index contributed by atoms with van der Waals surface area (Å²) in [6.07, 6.45) is 0.853. The molecule has 6 nitrogen and oxygen atoms in total. The van der Waals surface area contributed by atoms with Gasteiger partial charge in [-0.2, -0.15) is 0 Å². The van der Waals surface area contributed by atoms with E-state index >= 15 is 0 Å². The molecule has 0 saturated heterocycles. The number of benzene rings is 1. The number of nitrogens with one attached hydrogen (secondary N) is 2. The third-order valence-corrected chi connectivity index (χ3v) is 4.03. The zero-order valence-electron chi connectivity index (χ0n) is 13.9. The fourth-order valence-corrected chi connectivity index (χ4v) is 2.71. The van der Waals surface area contributed by atoms with E-state index in [1.807, 2.05) is 11.6 Å². The molecule has 24 heavy (non-hydrogen) atoms. The highest BCUT2D eigenvalue weighted by Crippen LogP contribution is 2.17. The predicted octanol–water partition coefficient (Wildman–Crippen LogP) is 2.89. The van der Waals surface area contributed by atoms with Crippen molar-refractivity contribution in [3.8, 4) is 0 Å². The molecular weight excluding hydrogens is 326 g/mol. The lowest BCUT2D eigenvalue weighted by atomic mass is 10.1. The molecule has 1 aromatic heterocycles. The third kappa shape index (κ3) is 3.43. The topological polar surface area (TPSA) is 71.3 Å². The molecule has 0 aliphatic carbocycles. The maximum Gasteiger partial charge on any atom is 0.257 e. The Bertz CT molecular complexity index is 792. The van der Waals surface area contributed by atoms with Crippen molar-refractivity contribution >= 4 is 23.5 Å². The van der Waals surface area contributed by atoms with Gasteiger partial charge in [-0.15, -0.1) is 0 Å². The Morgan fingerprint density at radius 3 is 2.75 bits per heavy atom. The van der Waals surface area contributed by atoms with Crippen LogP contribution < -0.4 is 10.7 Å². The lowest BCUT2D eigenvalue weighted by molar-refractivity contribution is 0.0976. The zero-order valence-corrected chi connectivity index (χ0v) is 14.7. The van der Waals surface area contributed by atoms with Gasteiger partial charge in [0.15, 0.2) is 0 Å². The first-order valence-corrected chi connectivity index (χ1v) is 8.27. The number of carbonyl (C=O) groups is 1. The molecule has 1 aromatic carbocycles. The van der Waals surface area contributed by atoms with Gasteiger partial charge in [0, 0.05) is 17.0 Å². The van der Waals surface area contributed by atoms with Crippen LogP contribution in [0.4, 0.5) is 0 Å². The van der Waals surface area contributed by atoms with Crippen LogP contribution in [-0.2, 0) is 13.0 Å². The van der Waals surface area contributed by atoms with E-state index < -0.39 is 0 Å². The molecule has 0 fully saturated rings. The van der Waals surface area contributed by atoms with E-state index in [0.29, 0.717) is 29.0 Å². The summed E-state index contributed by atoms with van der Waals surface area (Å²) in [4.78, 5) is 21.3. The highest BCUT2D eigenvalue weighted by molar-refractivity contribution is 6.30. The van der Waals surface area contributed by atoms with E-state index in [1.54, 1.807) is 24.3 Å². The van der Waals surface area contributed by atoms with Crippen molar-refractivity contribution in [2.24, 2.45) is 10.9 Å². The Hall–Kier alpha value is -2.34. The second-order valence-electron chi connectivity index (χ2n) is 6.23. The smallest absolute Gasteiger partial charge is 0.257 e. The molecule has 0 bridgehead atoms. The van der Waals surface area contributed by atoms with Gasteiger partial charge in [0.1, 0.15) is 5.82 Å². The molecule has 0 spiro atoms. The van der Waals surface area contributed by atoms with E-state index in [4.69, 9.17) is 11.6 Å². The Morgan fingerprint density at radius 2 is 2.08 bits per heavy atom. The largest absolute Gasteiger partial charge is 0.291 e.